The van der Waals surface area contributed by atoms with E-state index in [1.165, 1.54) is 16.9 Å². The number of hydrogen-bond acceptors (Lipinski definition) is 4. The lowest BCUT2D eigenvalue weighted by atomic mass is 10.1. The van der Waals surface area contributed by atoms with E-state index < -0.39 is 6.10 Å². The van der Waals surface area contributed by atoms with Crippen molar-refractivity contribution < 1.29 is 9.90 Å². The third kappa shape index (κ3) is 2.91. The third-order valence-corrected chi connectivity index (χ3v) is 5.25. The van der Waals surface area contributed by atoms with Crippen LogP contribution in [0.1, 0.15) is 34.3 Å². The Morgan fingerprint density at radius 1 is 1.41 bits per heavy atom. The second kappa shape index (κ2) is 6.18. The summed E-state index contributed by atoms with van der Waals surface area (Å²) in [6, 6.07) is 8.32. The number of nitrogens with zero attached hydrogens (tertiary/aromatic N) is 2. The van der Waals surface area contributed by atoms with E-state index in [0.717, 1.165) is 22.7 Å². The fraction of sp³-hybridized carbons (Fsp3) is 0.412. The van der Waals surface area contributed by atoms with Crippen LogP contribution in [-0.2, 0) is 6.42 Å². The molecule has 0 spiro atoms. The lowest BCUT2D eigenvalue weighted by molar-refractivity contribution is 0.0769. The molecule has 2 heterocycles. The van der Waals surface area contributed by atoms with E-state index in [2.05, 4.69) is 36.2 Å². The Kier molecular flexibility index (Phi) is 4.27. The molecule has 1 aromatic heterocycles. The second-order valence-corrected chi connectivity index (χ2v) is 6.68. The highest BCUT2D eigenvalue weighted by Crippen LogP contribution is 2.29. The number of thiazole rings is 1. The van der Waals surface area contributed by atoms with Crippen molar-refractivity contribution in [3.63, 3.8) is 0 Å². The Morgan fingerprint density at radius 3 is 2.73 bits per heavy atom. The minimum Gasteiger partial charge on any atom is -0.391 e. The van der Waals surface area contributed by atoms with E-state index in [-0.39, 0.29) is 5.91 Å². The number of rotatable bonds is 3. The molecular weight excluding hydrogens is 296 g/mol. The van der Waals surface area contributed by atoms with Crippen molar-refractivity contribution in [3.8, 4) is 10.6 Å². The second-order valence-electron chi connectivity index (χ2n) is 5.68. The molecule has 1 atom stereocenters. The van der Waals surface area contributed by atoms with Crippen LogP contribution in [0.2, 0.25) is 0 Å². The number of β-amino-alcohol motifs (C(OH)–C–C–N with tert-alkyl or cyclic N) is 1. The molecule has 5 heteroatoms. The van der Waals surface area contributed by atoms with Gasteiger partial charge in [0.2, 0.25) is 0 Å². The van der Waals surface area contributed by atoms with Crippen molar-refractivity contribution >= 4 is 17.2 Å². The lowest BCUT2D eigenvalue weighted by Gasteiger charge is -2.14. The van der Waals surface area contributed by atoms with Gasteiger partial charge in [-0.3, -0.25) is 4.79 Å². The Hall–Kier alpha value is -1.72. The molecule has 1 aliphatic rings. The van der Waals surface area contributed by atoms with Gasteiger partial charge in [0, 0.05) is 18.7 Å². The smallest absolute Gasteiger partial charge is 0.265 e. The molecule has 3 rings (SSSR count). The van der Waals surface area contributed by atoms with Gasteiger partial charge in [-0.1, -0.05) is 31.2 Å². The number of aromatic nitrogens is 1. The minimum absolute atomic E-state index is 0.0111. The number of aryl methyl sites for hydroxylation is 2. The number of aliphatic hydroxyl groups is 1. The van der Waals surface area contributed by atoms with Gasteiger partial charge in [0.1, 0.15) is 9.88 Å². The minimum atomic E-state index is -0.391. The summed E-state index contributed by atoms with van der Waals surface area (Å²) in [6.07, 6.45) is 1.28. The molecular formula is C17H20N2O2S. The van der Waals surface area contributed by atoms with Crippen molar-refractivity contribution in [1.29, 1.82) is 0 Å². The number of likely N-dealkylation sites (tertiary alicyclic amines) is 1. The predicted octanol–water partition coefficient (Wildman–Crippen LogP) is 2.89. The molecule has 1 aliphatic heterocycles. The number of carbonyl (C=O) groups is 1. The van der Waals surface area contributed by atoms with Gasteiger partial charge in [0.25, 0.3) is 5.91 Å². The van der Waals surface area contributed by atoms with Crippen LogP contribution < -0.4 is 0 Å². The molecule has 1 aromatic carbocycles. The normalized spacial score (nSPS) is 18.0. The molecule has 116 valence electrons. The highest BCUT2D eigenvalue weighted by molar-refractivity contribution is 7.17. The molecule has 0 radical (unpaired) electrons. The topological polar surface area (TPSA) is 53.4 Å². The van der Waals surface area contributed by atoms with Gasteiger partial charge in [-0.05, 0) is 25.3 Å². The van der Waals surface area contributed by atoms with E-state index in [1.807, 2.05) is 6.92 Å². The molecule has 22 heavy (non-hydrogen) atoms. The number of hydrogen-bond donors (Lipinski definition) is 1. The number of aliphatic hydroxyl groups excluding tert-OH is 1. The average Bonchev–Trinajstić information content (AvgIpc) is 3.13. The number of amides is 1. The zero-order chi connectivity index (χ0) is 15.7. The highest BCUT2D eigenvalue weighted by Gasteiger charge is 2.28. The largest absolute Gasteiger partial charge is 0.391 e. The zero-order valence-electron chi connectivity index (χ0n) is 12.9. The fourth-order valence-electron chi connectivity index (χ4n) is 2.67. The van der Waals surface area contributed by atoms with Gasteiger partial charge in [-0.15, -0.1) is 11.3 Å². The van der Waals surface area contributed by atoms with Crippen molar-refractivity contribution in [3.05, 3.63) is 40.4 Å². The van der Waals surface area contributed by atoms with Crippen molar-refractivity contribution in [2.45, 2.75) is 32.8 Å². The van der Waals surface area contributed by atoms with E-state index in [0.29, 0.717) is 24.4 Å². The van der Waals surface area contributed by atoms with Crippen LogP contribution in [0, 0.1) is 6.92 Å². The van der Waals surface area contributed by atoms with E-state index in [4.69, 9.17) is 0 Å². The van der Waals surface area contributed by atoms with Gasteiger partial charge < -0.3 is 10.0 Å². The molecule has 2 aromatic rings. The van der Waals surface area contributed by atoms with Gasteiger partial charge in [0.15, 0.2) is 0 Å². The molecule has 4 nitrogen and oxygen atoms in total. The summed E-state index contributed by atoms with van der Waals surface area (Å²) in [5, 5.41) is 10.5. The Bertz CT molecular complexity index is 678. The summed E-state index contributed by atoms with van der Waals surface area (Å²) in [5.41, 5.74) is 3.11. The van der Waals surface area contributed by atoms with Crippen LogP contribution in [0.3, 0.4) is 0 Å². The van der Waals surface area contributed by atoms with Gasteiger partial charge >= 0.3 is 0 Å². The van der Waals surface area contributed by atoms with Crippen LogP contribution in [0.15, 0.2) is 24.3 Å². The van der Waals surface area contributed by atoms with E-state index in [1.54, 1.807) is 4.90 Å². The van der Waals surface area contributed by atoms with Gasteiger partial charge in [-0.25, -0.2) is 4.98 Å². The van der Waals surface area contributed by atoms with Crippen LogP contribution in [0.5, 0.6) is 0 Å². The molecule has 0 bridgehead atoms. The van der Waals surface area contributed by atoms with E-state index >= 15 is 0 Å². The molecule has 0 unspecified atom stereocenters. The van der Waals surface area contributed by atoms with Crippen LogP contribution in [0.25, 0.3) is 10.6 Å². The maximum atomic E-state index is 12.5. The first-order chi connectivity index (χ1) is 10.6. The van der Waals surface area contributed by atoms with Crippen LogP contribution in [-0.4, -0.2) is 40.1 Å². The van der Waals surface area contributed by atoms with E-state index in [9.17, 15) is 9.90 Å². The number of benzene rings is 1. The quantitative estimate of drug-likeness (QED) is 0.947. The van der Waals surface area contributed by atoms with Gasteiger partial charge in [-0.2, -0.15) is 0 Å². The fourth-order valence-corrected chi connectivity index (χ4v) is 3.71. The summed E-state index contributed by atoms with van der Waals surface area (Å²) in [7, 11) is 0. The average molecular weight is 316 g/mol. The summed E-state index contributed by atoms with van der Waals surface area (Å²) in [6.45, 7) is 5.05. The highest BCUT2D eigenvalue weighted by atomic mass is 32.1. The first-order valence-electron chi connectivity index (χ1n) is 7.62. The Balaban J connectivity index is 1.85. The molecule has 0 aliphatic carbocycles. The summed E-state index contributed by atoms with van der Waals surface area (Å²) >= 11 is 1.44. The standard InChI is InChI=1S/C17H20N2O2S/c1-3-12-4-6-13(7-5-12)16-18-11(2)15(22-16)17(21)19-9-8-14(20)10-19/h4-7,14,20H,3,8-10H2,1-2H3/t14-/m1/s1. The monoisotopic (exact) mass is 316 g/mol. The zero-order valence-corrected chi connectivity index (χ0v) is 13.7. The first-order valence-corrected chi connectivity index (χ1v) is 8.44. The molecule has 1 amide bonds. The van der Waals surface area contributed by atoms with Gasteiger partial charge in [0.05, 0.1) is 11.8 Å². The third-order valence-electron chi connectivity index (χ3n) is 4.05. The molecule has 0 saturated carbocycles. The maximum absolute atomic E-state index is 12.5. The molecule has 1 saturated heterocycles. The summed E-state index contributed by atoms with van der Waals surface area (Å²) < 4.78 is 0. The first kappa shape index (κ1) is 15.2. The molecule has 1 fully saturated rings. The Morgan fingerprint density at radius 2 is 2.14 bits per heavy atom. The maximum Gasteiger partial charge on any atom is 0.265 e. The predicted molar refractivity (Wildman–Crippen MR) is 88.2 cm³/mol. The Labute approximate surface area is 134 Å². The SMILES string of the molecule is CCc1ccc(-c2nc(C)c(C(=O)N3CC[C@@H](O)C3)s2)cc1. The summed E-state index contributed by atoms with van der Waals surface area (Å²) in [5.74, 6) is -0.0111. The number of carbonyl (C=O) groups excluding carboxylic acids is 1. The van der Waals surface area contributed by atoms with Crippen molar-refractivity contribution in [2.75, 3.05) is 13.1 Å². The summed E-state index contributed by atoms with van der Waals surface area (Å²) in [4.78, 5) is 19.5. The van der Waals surface area contributed by atoms with Crippen molar-refractivity contribution in [1.82, 2.24) is 9.88 Å². The van der Waals surface area contributed by atoms with Crippen molar-refractivity contribution in [2.24, 2.45) is 0 Å². The molecule has 1 N–H and O–H groups in total. The lowest BCUT2D eigenvalue weighted by Crippen LogP contribution is -2.29. The van der Waals surface area contributed by atoms with Crippen LogP contribution >= 0.6 is 11.3 Å². The van der Waals surface area contributed by atoms with Crippen LogP contribution in [0.4, 0.5) is 0 Å².